The van der Waals surface area contributed by atoms with Crippen molar-refractivity contribution in [3.63, 3.8) is 0 Å². The van der Waals surface area contributed by atoms with E-state index in [2.05, 4.69) is 0 Å². The van der Waals surface area contributed by atoms with Crippen molar-refractivity contribution in [3.8, 4) is 11.5 Å². The van der Waals surface area contributed by atoms with Gasteiger partial charge in [0.25, 0.3) is 0 Å². The second-order valence-corrected chi connectivity index (χ2v) is 4.13. The van der Waals surface area contributed by atoms with Crippen molar-refractivity contribution in [2.24, 2.45) is 0 Å². The van der Waals surface area contributed by atoms with Gasteiger partial charge in [-0.15, -0.1) is 0 Å². The largest absolute Gasteiger partial charge is 0.461 e. The van der Waals surface area contributed by atoms with Crippen molar-refractivity contribution < 1.29 is 19.0 Å². The number of rotatable bonds is 4. The van der Waals surface area contributed by atoms with Crippen LogP contribution in [-0.2, 0) is 16.1 Å². The fraction of sp³-hybridized carbons (Fsp3) is 0.417. The van der Waals surface area contributed by atoms with Gasteiger partial charge in [-0.1, -0.05) is 18.5 Å². The molecule has 1 aromatic carbocycles. The van der Waals surface area contributed by atoms with Gasteiger partial charge in [0.15, 0.2) is 11.5 Å². The SMILES string of the molecule is CCCC(=O)OCc1cc(Cl)c2c(c1)OCO2. The van der Waals surface area contributed by atoms with Crippen molar-refractivity contribution in [2.45, 2.75) is 26.4 Å². The van der Waals surface area contributed by atoms with Crippen molar-refractivity contribution in [1.29, 1.82) is 0 Å². The highest BCUT2D eigenvalue weighted by molar-refractivity contribution is 6.32. The summed E-state index contributed by atoms with van der Waals surface area (Å²) in [6.07, 6.45) is 1.21. The molecule has 0 unspecified atom stereocenters. The number of hydrogen-bond acceptors (Lipinski definition) is 4. The Kier molecular flexibility index (Phi) is 3.74. The molecular formula is C12H13ClO4. The third-order valence-corrected chi connectivity index (χ3v) is 2.62. The Morgan fingerprint density at radius 1 is 1.47 bits per heavy atom. The summed E-state index contributed by atoms with van der Waals surface area (Å²) < 4.78 is 15.5. The Hall–Kier alpha value is -1.42. The summed E-state index contributed by atoms with van der Waals surface area (Å²) >= 11 is 6.01. The van der Waals surface area contributed by atoms with Gasteiger partial charge in [-0.2, -0.15) is 0 Å². The lowest BCUT2D eigenvalue weighted by molar-refractivity contribution is -0.144. The Morgan fingerprint density at radius 3 is 3.06 bits per heavy atom. The molecule has 1 aromatic rings. The van der Waals surface area contributed by atoms with Crippen LogP contribution in [0.15, 0.2) is 12.1 Å². The summed E-state index contributed by atoms with van der Waals surface area (Å²) in [6, 6.07) is 3.49. The molecule has 5 heteroatoms. The van der Waals surface area contributed by atoms with Gasteiger partial charge in [0.2, 0.25) is 6.79 Å². The second-order valence-electron chi connectivity index (χ2n) is 3.72. The number of benzene rings is 1. The minimum absolute atomic E-state index is 0.175. The van der Waals surface area contributed by atoms with Crippen LogP contribution in [0.4, 0.5) is 0 Å². The summed E-state index contributed by atoms with van der Waals surface area (Å²) in [7, 11) is 0. The maximum atomic E-state index is 11.2. The van der Waals surface area contributed by atoms with Crippen LogP contribution in [0.5, 0.6) is 11.5 Å². The molecule has 1 aliphatic heterocycles. The lowest BCUT2D eigenvalue weighted by atomic mass is 10.2. The zero-order valence-corrected chi connectivity index (χ0v) is 10.3. The van der Waals surface area contributed by atoms with E-state index in [4.69, 9.17) is 25.8 Å². The van der Waals surface area contributed by atoms with Crippen LogP contribution in [0.25, 0.3) is 0 Å². The van der Waals surface area contributed by atoms with E-state index >= 15 is 0 Å². The normalized spacial score (nSPS) is 12.6. The average Bonchev–Trinajstić information content (AvgIpc) is 2.75. The van der Waals surface area contributed by atoms with Crippen LogP contribution in [0.3, 0.4) is 0 Å². The molecule has 0 saturated carbocycles. The molecule has 0 amide bonds. The quantitative estimate of drug-likeness (QED) is 0.777. The van der Waals surface area contributed by atoms with Gasteiger partial charge in [0.1, 0.15) is 6.61 Å². The topological polar surface area (TPSA) is 44.8 Å². The van der Waals surface area contributed by atoms with Gasteiger partial charge in [0, 0.05) is 6.42 Å². The van der Waals surface area contributed by atoms with Gasteiger partial charge in [-0.25, -0.2) is 0 Å². The van der Waals surface area contributed by atoms with Gasteiger partial charge in [-0.3, -0.25) is 4.79 Å². The molecule has 0 saturated heterocycles. The fourth-order valence-corrected chi connectivity index (χ4v) is 1.83. The highest BCUT2D eigenvalue weighted by Crippen LogP contribution is 2.39. The maximum absolute atomic E-state index is 11.2. The molecule has 92 valence electrons. The summed E-state index contributed by atoms with van der Waals surface area (Å²) in [5.41, 5.74) is 0.795. The highest BCUT2D eigenvalue weighted by Gasteiger charge is 2.18. The van der Waals surface area contributed by atoms with E-state index in [0.717, 1.165) is 12.0 Å². The van der Waals surface area contributed by atoms with Crippen molar-refractivity contribution in [2.75, 3.05) is 6.79 Å². The summed E-state index contributed by atoms with van der Waals surface area (Å²) in [5.74, 6) is 0.940. The van der Waals surface area contributed by atoms with Crippen LogP contribution >= 0.6 is 11.6 Å². The molecule has 0 aliphatic carbocycles. The molecule has 4 nitrogen and oxygen atoms in total. The minimum atomic E-state index is -0.207. The van der Waals surface area contributed by atoms with Gasteiger partial charge in [0.05, 0.1) is 5.02 Å². The van der Waals surface area contributed by atoms with Crippen LogP contribution < -0.4 is 9.47 Å². The van der Waals surface area contributed by atoms with E-state index in [1.807, 2.05) is 6.92 Å². The van der Waals surface area contributed by atoms with E-state index in [1.165, 1.54) is 0 Å². The zero-order valence-electron chi connectivity index (χ0n) is 9.49. The third-order valence-electron chi connectivity index (χ3n) is 2.34. The molecule has 0 fully saturated rings. The third kappa shape index (κ3) is 2.82. The molecule has 1 aliphatic rings. The Morgan fingerprint density at radius 2 is 2.29 bits per heavy atom. The number of halogens is 1. The predicted octanol–water partition coefficient (Wildman–Crippen LogP) is 2.91. The first-order chi connectivity index (χ1) is 8.20. The van der Waals surface area contributed by atoms with Crippen LogP contribution in [0, 0.1) is 0 Å². The highest BCUT2D eigenvalue weighted by atomic mass is 35.5. The predicted molar refractivity (Wildman–Crippen MR) is 62.3 cm³/mol. The van der Waals surface area contributed by atoms with Gasteiger partial charge < -0.3 is 14.2 Å². The first kappa shape index (κ1) is 12.0. The number of carbonyl (C=O) groups excluding carboxylic acids is 1. The number of carbonyl (C=O) groups is 1. The molecule has 0 radical (unpaired) electrons. The monoisotopic (exact) mass is 256 g/mol. The molecule has 17 heavy (non-hydrogen) atoms. The molecule has 2 rings (SSSR count). The molecule has 0 N–H and O–H groups in total. The fourth-order valence-electron chi connectivity index (χ4n) is 1.54. The van der Waals surface area contributed by atoms with Crippen LogP contribution in [0.1, 0.15) is 25.3 Å². The minimum Gasteiger partial charge on any atom is -0.461 e. The van der Waals surface area contributed by atoms with Crippen LogP contribution in [-0.4, -0.2) is 12.8 Å². The Balaban J connectivity index is 2.02. The number of esters is 1. The maximum Gasteiger partial charge on any atom is 0.306 e. The van der Waals surface area contributed by atoms with E-state index in [-0.39, 0.29) is 19.4 Å². The first-order valence-electron chi connectivity index (χ1n) is 5.44. The molecular weight excluding hydrogens is 244 g/mol. The standard InChI is InChI=1S/C12H13ClO4/c1-2-3-11(14)15-6-8-4-9(13)12-10(5-8)16-7-17-12/h4-5H,2-3,6-7H2,1H3. The summed E-state index contributed by atoms with van der Waals surface area (Å²) in [6.45, 7) is 2.31. The van der Waals surface area contributed by atoms with Crippen LogP contribution in [0.2, 0.25) is 5.02 Å². The second kappa shape index (κ2) is 5.27. The lowest BCUT2D eigenvalue weighted by Crippen LogP contribution is -2.03. The summed E-state index contributed by atoms with van der Waals surface area (Å²) in [4.78, 5) is 11.2. The molecule has 0 bridgehead atoms. The van der Waals surface area contributed by atoms with E-state index < -0.39 is 0 Å². The number of ether oxygens (including phenoxy) is 3. The number of hydrogen-bond donors (Lipinski definition) is 0. The molecule has 1 heterocycles. The van der Waals surface area contributed by atoms with Gasteiger partial charge >= 0.3 is 5.97 Å². The van der Waals surface area contributed by atoms with Crippen molar-refractivity contribution in [3.05, 3.63) is 22.7 Å². The molecule has 0 atom stereocenters. The Labute approximate surface area is 104 Å². The van der Waals surface area contributed by atoms with E-state index in [9.17, 15) is 4.79 Å². The van der Waals surface area contributed by atoms with E-state index in [0.29, 0.717) is 22.9 Å². The lowest BCUT2D eigenvalue weighted by Gasteiger charge is -2.06. The van der Waals surface area contributed by atoms with Crippen molar-refractivity contribution >= 4 is 17.6 Å². The molecule has 0 spiro atoms. The first-order valence-corrected chi connectivity index (χ1v) is 5.82. The summed E-state index contributed by atoms with van der Waals surface area (Å²) in [5, 5.41) is 0.474. The number of fused-ring (bicyclic) bond motifs is 1. The average molecular weight is 257 g/mol. The molecule has 0 aromatic heterocycles. The Bertz CT molecular complexity index is 431. The zero-order chi connectivity index (χ0) is 12.3. The smallest absolute Gasteiger partial charge is 0.306 e. The van der Waals surface area contributed by atoms with Gasteiger partial charge in [-0.05, 0) is 24.1 Å². The van der Waals surface area contributed by atoms with Crippen molar-refractivity contribution in [1.82, 2.24) is 0 Å². The van der Waals surface area contributed by atoms with E-state index in [1.54, 1.807) is 12.1 Å².